The highest BCUT2D eigenvalue weighted by molar-refractivity contribution is 14.1. The zero-order valence-electron chi connectivity index (χ0n) is 9.57. The first-order valence-corrected chi connectivity index (χ1v) is 5.79. The Bertz CT molecular complexity index is 336. The number of hydrogen-bond donors (Lipinski definition) is 1. The summed E-state index contributed by atoms with van der Waals surface area (Å²) in [6.07, 6.45) is -0.00485. The van der Waals surface area contributed by atoms with E-state index in [4.69, 9.17) is 15.2 Å². The van der Waals surface area contributed by atoms with Gasteiger partial charge in [0, 0.05) is 7.11 Å². The molecule has 0 aliphatic carbocycles. The van der Waals surface area contributed by atoms with Gasteiger partial charge in [0.2, 0.25) is 0 Å². The lowest BCUT2D eigenvalue weighted by Gasteiger charge is -2.19. The zero-order chi connectivity index (χ0) is 11.4. The van der Waals surface area contributed by atoms with Gasteiger partial charge in [0.05, 0.1) is 22.8 Å². The van der Waals surface area contributed by atoms with Crippen LogP contribution in [0.1, 0.15) is 18.5 Å². The maximum absolute atomic E-state index is 6.04. The van der Waals surface area contributed by atoms with E-state index < -0.39 is 0 Å². The van der Waals surface area contributed by atoms with Crippen molar-refractivity contribution in [2.45, 2.75) is 19.1 Å². The highest BCUT2D eigenvalue weighted by Gasteiger charge is 2.15. The number of rotatable bonds is 4. The van der Waals surface area contributed by atoms with Gasteiger partial charge < -0.3 is 15.2 Å². The van der Waals surface area contributed by atoms with E-state index in [0.717, 1.165) is 14.9 Å². The van der Waals surface area contributed by atoms with Gasteiger partial charge in [0.15, 0.2) is 0 Å². The third-order valence-corrected chi connectivity index (χ3v) is 3.33. The summed E-state index contributed by atoms with van der Waals surface area (Å²) in [6.45, 7) is 1.95. The van der Waals surface area contributed by atoms with Crippen molar-refractivity contribution in [2.75, 3.05) is 14.2 Å². The Morgan fingerprint density at radius 1 is 1.31 bits per heavy atom. The molecule has 0 fully saturated rings. The fraction of sp³-hybridized carbons (Fsp3) is 0.455. The summed E-state index contributed by atoms with van der Waals surface area (Å²) < 4.78 is 11.5. The zero-order valence-corrected chi connectivity index (χ0v) is 12.5. The predicted molar refractivity (Wildman–Crippen MR) is 76.4 cm³/mol. The fourth-order valence-electron chi connectivity index (χ4n) is 1.30. The predicted octanol–water partition coefficient (Wildman–Crippen LogP) is 2.76. The minimum absolute atomic E-state index is 0. The van der Waals surface area contributed by atoms with Crippen molar-refractivity contribution in [3.8, 4) is 5.75 Å². The molecule has 92 valence electrons. The molecule has 0 saturated carbocycles. The lowest BCUT2D eigenvalue weighted by atomic mass is 10.0. The number of halogens is 2. The normalized spacial score (nSPS) is 13.8. The van der Waals surface area contributed by atoms with E-state index in [9.17, 15) is 0 Å². The Morgan fingerprint density at radius 2 is 1.94 bits per heavy atom. The molecule has 16 heavy (non-hydrogen) atoms. The molecule has 0 spiro atoms. The molecule has 5 heteroatoms. The summed E-state index contributed by atoms with van der Waals surface area (Å²) in [5, 5.41) is 0. The molecule has 1 aromatic rings. The highest BCUT2D eigenvalue weighted by atomic mass is 127. The summed E-state index contributed by atoms with van der Waals surface area (Å²) in [4.78, 5) is 0. The van der Waals surface area contributed by atoms with Gasteiger partial charge in [-0.25, -0.2) is 0 Å². The van der Waals surface area contributed by atoms with Crippen LogP contribution in [0.4, 0.5) is 0 Å². The molecule has 0 amide bonds. The van der Waals surface area contributed by atoms with Gasteiger partial charge in [-0.05, 0) is 47.2 Å². The Labute approximate surface area is 116 Å². The van der Waals surface area contributed by atoms with E-state index in [1.807, 2.05) is 25.1 Å². The van der Waals surface area contributed by atoms with Crippen molar-refractivity contribution < 1.29 is 9.47 Å². The van der Waals surface area contributed by atoms with Gasteiger partial charge in [-0.1, -0.05) is 6.07 Å². The average Bonchev–Trinajstić information content (AvgIpc) is 2.27. The van der Waals surface area contributed by atoms with Gasteiger partial charge in [-0.2, -0.15) is 0 Å². The molecule has 1 aromatic carbocycles. The van der Waals surface area contributed by atoms with Gasteiger partial charge in [-0.15, -0.1) is 12.4 Å². The van der Waals surface area contributed by atoms with Crippen LogP contribution in [0.15, 0.2) is 18.2 Å². The summed E-state index contributed by atoms with van der Waals surface area (Å²) in [7, 11) is 3.32. The van der Waals surface area contributed by atoms with E-state index in [0.29, 0.717) is 0 Å². The molecule has 0 aromatic heterocycles. The number of benzene rings is 1. The van der Waals surface area contributed by atoms with E-state index in [2.05, 4.69) is 22.6 Å². The largest absolute Gasteiger partial charge is 0.496 e. The number of ether oxygens (including phenoxy) is 2. The molecule has 2 unspecified atom stereocenters. The van der Waals surface area contributed by atoms with Crippen molar-refractivity contribution >= 4 is 35.0 Å². The smallest absolute Gasteiger partial charge is 0.132 e. The molecule has 2 N–H and O–H groups in total. The van der Waals surface area contributed by atoms with Crippen molar-refractivity contribution in [1.82, 2.24) is 0 Å². The van der Waals surface area contributed by atoms with Gasteiger partial charge >= 0.3 is 0 Å². The Hall–Kier alpha value is -0.0400. The minimum Gasteiger partial charge on any atom is -0.496 e. The van der Waals surface area contributed by atoms with Gasteiger partial charge in [-0.3, -0.25) is 0 Å². The summed E-state index contributed by atoms with van der Waals surface area (Å²) >= 11 is 2.23. The maximum atomic E-state index is 6.04. The molecule has 0 saturated heterocycles. The molecule has 0 bridgehead atoms. The number of hydrogen-bond acceptors (Lipinski definition) is 3. The topological polar surface area (TPSA) is 44.5 Å². The minimum atomic E-state index is -0.124. The average molecular weight is 358 g/mol. The SMILES string of the molecule is COc1cc(C(N)C(C)OC)ccc1I.Cl. The van der Waals surface area contributed by atoms with Crippen LogP contribution in [0.3, 0.4) is 0 Å². The summed E-state index contributed by atoms with van der Waals surface area (Å²) in [6, 6.07) is 5.84. The van der Waals surface area contributed by atoms with E-state index in [1.165, 1.54) is 0 Å². The van der Waals surface area contributed by atoms with Crippen molar-refractivity contribution in [3.63, 3.8) is 0 Å². The van der Waals surface area contributed by atoms with E-state index >= 15 is 0 Å². The maximum Gasteiger partial charge on any atom is 0.132 e. The number of methoxy groups -OCH3 is 2. The third kappa shape index (κ3) is 3.76. The Kier molecular flexibility index (Phi) is 7.30. The van der Waals surface area contributed by atoms with Crippen molar-refractivity contribution in [1.29, 1.82) is 0 Å². The molecule has 1 rings (SSSR count). The van der Waals surface area contributed by atoms with E-state index in [-0.39, 0.29) is 24.6 Å². The highest BCUT2D eigenvalue weighted by Crippen LogP contribution is 2.26. The molecule has 3 nitrogen and oxygen atoms in total. The summed E-state index contributed by atoms with van der Waals surface area (Å²) in [5.41, 5.74) is 7.07. The van der Waals surface area contributed by atoms with Gasteiger partial charge in [0.1, 0.15) is 5.75 Å². The lowest BCUT2D eigenvalue weighted by Crippen LogP contribution is -2.25. The lowest BCUT2D eigenvalue weighted by molar-refractivity contribution is 0.0956. The van der Waals surface area contributed by atoms with Crippen molar-refractivity contribution in [3.05, 3.63) is 27.3 Å². The van der Waals surface area contributed by atoms with E-state index in [1.54, 1.807) is 14.2 Å². The molecule has 0 aliphatic heterocycles. The van der Waals surface area contributed by atoms with Crippen LogP contribution in [-0.2, 0) is 4.74 Å². The molecule has 0 radical (unpaired) electrons. The van der Waals surface area contributed by atoms with Crippen LogP contribution < -0.4 is 10.5 Å². The van der Waals surface area contributed by atoms with Crippen molar-refractivity contribution in [2.24, 2.45) is 5.73 Å². The first kappa shape index (κ1) is 16.0. The summed E-state index contributed by atoms with van der Waals surface area (Å²) in [5.74, 6) is 0.854. The Morgan fingerprint density at radius 3 is 2.44 bits per heavy atom. The van der Waals surface area contributed by atoms with Crippen LogP contribution >= 0.6 is 35.0 Å². The standard InChI is InChI=1S/C11H16INO2.ClH/c1-7(14-2)11(13)8-4-5-9(12)10(6-8)15-3;/h4-7,11H,13H2,1-3H3;1H. The fourth-order valence-corrected chi connectivity index (χ4v) is 1.86. The molecular formula is C11H17ClINO2. The van der Waals surface area contributed by atoms with Crippen LogP contribution in [0.25, 0.3) is 0 Å². The van der Waals surface area contributed by atoms with Crippen LogP contribution in [0, 0.1) is 3.57 Å². The molecule has 0 heterocycles. The second-order valence-electron chi connectivity index (χ2n) is 3.36. The molecule has 2 atom stereocenters. The molecule has 0 aliphatic rings. The first-order valence-electron chi connectivity index (χ1n) is 4.72. The number of nitrogens with two attached hydrogens (primary N) is 1. The first-order chi connectivity index (χ1) is 7.10. The second kappa shape index (κ2) is 7.32. The van der Waals surface area contributed by atoms with Crippen LogP contribution in [-0.4, -0.2) is 20.3 Å². The Balaban J connectivity index is 0.00000225. The molecular weight excluding hydrogens is 340 g/mol. The monoisotopic (exact) mass is 357 g/mol. The third-order valence-electron chi connectivity index (χ3n) is 2.44. The quantitative estimate of drug-likeness (QED) is 0.843. The second-order valence-corrected chi connectivity index (χ2v) is 4.52. The van der Waals surface area contributed by atoms with Crippen LogP contribution in [0.5, 0.6) is 5.75 Å². The van der Waals surface area contributed by atoms with Crippen LogP contribution in [0.2, 0.25) is 0 Å². The van der Waals surface area contributed by atoms with Gasteiger partial charge in [0.25, 0.3) is 0 Å².